The maximum atomic E-state index is 2.23. The SMILES string of the molecule is CC(C)C1=CC=CC1.[Ni]. The molecule has 0 atom stereocenters. The monoisotopic (exact) mass is 166 g/mol. The van der Waals surface area contributed by atoms with Gasteiger partial charge in [-0.25, -0.2) is 0 Å². The van der Waals surface area contributed by atoms with Gasteiger partial charge < -0.3 is 0 Å². The summed E-state index contributed by atoms with van der Waals surface area (Å²) in [5, 5.41) is 0. The first-order chi connectivity index (χ1) is 3.80. The van der Waals surface area contributed by atoms with E-state index < -0.39 is 0 Å². The van der Waals surface area contributed by atoms with Crippen molar-refractivity contribution in [1.29, 1.82) is 0 Å². The van der Waals surface area contributed by atoms with Crippen molar-refractivity contribution < 1.29 is 16.5 Å². The maximum absolute atomic E-state index is 2.23. The van der Waals surface area contributed by atoms with E-state index in [2.05, 4.69) is 32.1 Å². The Labute approximate surface area is 67.0 Å². The minimum Gasteiger partial charge on any atom is -0.0805 e. The Kier molecular flexibility index (Phi) is 3.89. The molecule has 0 nitrogen and oxygen atoms in total. The smallest absolute Gasteiger partial charge is 0 e. The largest absolute Gasteiger partial charge is 0.0805 e. The zero-order valence-corrected chi connectivity index (χ0v) is 6.82. The van der Waals surface area contributed by atoms with Crippen LogP contribution in [0.3, 0.4) is 0 Å². The number of allylic oxidation sites excluding steroid dienone is 4. The minimum atomic E-state index is 0. The normalized spacial score (nSPS) is 15.7. The van der Waals surface area contributed by atoms with Crippen molar-refractivity contribution in [2.24, 2.45) is 5.92 Å². The molecular weight excluding hydrogens is 155 g/mol. The summed E-state index contributed by atoms with van der Waals surface area (Å²) in [5.41, 5.74) is 1.56. The van der Waals surface area contributed by atoms with Crippen molar-refractivity contribution in [3.63, 3.8) is 0 Å². The first-order valence-corrected chi connectivity index (χ1v) is 3.16. The molecule has 0 aromatic heterocycles. The van der Waals surface area contributed by atoms with Gasteiger partial charge in [0.05, 0.1) is 0 Å². The number of hydrogen-bond acceptors (Lipinski definition) is 0. The molecule has 0 aromatic carbocycles. The van der Waals surface area contributed by atoms with Gasteiger partial charge in [-0.3, -0.25) is 0 Å². The van der Waals surface area contributed by atoms with Crippen LogP contribution in [0.4, 0.5) is 0 Å². The van der Waals surface area contributed by atoms with E-state index in [0.29, 0.717) is 0 Å². The van der Waals surface area contributed by atoms with Crippen molar-refractivity contribution >= 4 is 0 Å². The second-order valence-electron chi connectivity index (χ2n) is 2.53. The van der Waals surface area contributed by atoms with Gasteiger partial charge >= 0.3 is 0 Å². The first-order valence-electron chi connectivity index (χ1n) is 3.16. The van der Waals surface area contributed by atoms with Gasteiger partial charge in [0.15, 0.2) is 0 Å². The van der Waals surface area contributed by atoms with Gasteiger partial charge in [0.1, 0.15) is 0 Å². The summed E-state index contributed by atoms with van der Waals surface area (Å²) in [6.07, 6.45) is 7.73. The molecule has 1 aliphatic rings. The average Bonchev–Trinajstić information content (AvgIpc) is 2.12. The Morgan fingerprint density at radius 3 is 2.33 bits per heavy atom. The van der Waals surface area contributed by atoms with Gasteiger partial charge in [-0.05, 0) is 12.3 Å². The fourth-order valence-corrected chi connectivity index (χ4v) is 0.892. The molecule has 0 unspecified atom stereocenters. The van der Waals surface area contributed by atoms with E-state index in [1.54, 1.807) is 5.57 Å². The van der Waals surface area contributed by atoms with E-state index >= 15 is 0 Å². The topological polar surface area (TPSA) is 0 Å². The molecule has 0 saturated carbocycles. The Hall–Kier alpha value is -0.0265. The van der Waals surface area contributed by atoms with E-state index in [-0.39, 0.29) is 16.5 Å². The molecule has 1 aliphatic carbocycles. The average molecular weight is 167 g/mol. The summed E-state index contributed by atoms with van der Waals surface area (Å²) in [5.74, 6) is 0.741. The third-order valence-electron chi connectivity index (χ3n) is 1.54. The summed E-state index contributed by atoms with van der Waals surface area (Å²) < 4.78 is 0. The van der Waals surface area contributed by atoms with Gasteiger partial charge in [-0.15, -0.1) is 0 Å². The third-order valence-corrected chi connectivity index (χ3v) is 1.54. The number of rotatable bonds is 1. The Bertz CT molecular complexity index is 132. The quantitative estimate of drug-likeness (QED) is 0.526. The number of hydrogen-bond donors (Lipinski definition) is 0. The molecule has 1 rings (SSSR count). The maximum Gasteiger partial charge on any atom is 0 e. The Morgan fingerprint density at radius 2 is 2.11 bits per heavy atom. The predicted molar refractivity (Wildman–Crippen MR) is 36.7 cm³/mol. The van der Waals surface area contributed by atoms with E-state index in [1.807, 2.05) is 0 Å². The van der Waals surface area contributed by atoms with E-state index in [4.69, 9.17) is 0 Å². The van der Waals surface area contributed by atoms with E-state index in [1.165, 1.54) is 6.42 Å². The fourth-order valence-electron chi connectivity index (χ4n) is 0.892. The van der Waals surface area contributed by atoms with Crippen LogP contribution in [0.15, 0.2) is 23.8 Å². The molecule has 0 radical (unpaired) electrons. The van der Waals surface area contributed by atoms with Crippen molar-refractivity contribution in [1.82, 2.24) is 0 Å². The van der Waals surface area contributed by atoms with Crippen molar-refractivity contribution in [3.05, 3.63) is 23.8 Å². The predicted octanol–water partition coefficient (Wildman–Crippen LogP) is 2.53. The summed E-state index contributed by atoms with van der Waals surface area (Å²) >= 11 is 0. The standard InChI is InChI=1S/C8H12.Ni/c1-7(2)8-5-3-4-6-8;/h3-5,7H,6H2,1-2H3;. The summed E-state index contributed by atoms with van der Waals surface area (Å²) in [7, 11) is 0. The molecule has 54 valence electrons. The van der Waals surface area contributed by atoms with Crippen LogP contribution in [0.5, 0.6) is 0 Å². The first kappa shape index (κ1) is 8.97. The second-order valence-corrected chi connectivity index (χ2v) is 2.53. The summed E-state index contributed by atoms with van der Waals surface area (Å²) in [4.78, 5) is 0. The van der Waals surface area contributed by atoms with Crippen molar-refractivity contribution in [3.8, 4) is 0 Å². The van der Waals surface area contributed by atoms with Crippen molar-refractivity contribution in [2.45, 2.75) is 20.3 Å². The minimum absolute atomic E-state index is 0. The van der Waals surface area contributed by atoms with Gasteiger partial charge in [0.2, 0.25) is 0 Å². The van der Waals surface area contributed by atoms with Crippen LogP contribution in [0.2, 0.25) is 0 Å². The molecule has 0 aromatic rings. The van der Waals surface area contributed by atoms with Crippen molar-refractivity contribution in [2.75, 3.05) is 0 Å². The van der Waals surface area contributed by atoms with Gasteiger partial charge in [0, 0.05) is 16.5 Å². The molecule has 0 spiro atoms. The van der Waals surface area contributed by atoms with E-state index in [0.717, 1.165) is 5.92 Å². The van der Waals surface area contributed by atoms with Gasteiger partial charge in [0.25, 0.3) is 0 Å². The van der Waals surface area contributed by atoms with Gasteiger partial charge in [-0.1, -0.05) is 37.6 Å². The zero-order chi connectivity index (χ0) is 5.98. The van der Waals surface area contributed by atoms with Crippen LogP contribution in [0.1, 0.15) is 20.3 Å². The molecule has 1 heteroatoms. The van der Waals surface area contributed by atoms with E-state index in [9.17, 15) is 0 Å². The third kappa shape index (κ3) is 2.36. The van der Waals surface area contributed by atoms with Crippen LogP contribution >= 0.6 is 0 Å². The van der Waals surface area contributed by atoms with Crippen LogP contribution in [-0.4, -0.2) is 0 Å². The molecule has 0 N–H and O–H groups in total. The molecule has 0 aliphatic heterocycles. The molecular formula is C8H12Ni. The molecule has 0 fully saturated rings. The van der Waals surface area contributed by atoms with Crippen LogP contribution in [-0.2, 0) is 16.5 Å². The molecule has 0 bridgehead atoms. The Morgan fingerprint density at radius 1 is 1.44 bits per heavy atom. The second kappa shape index (κ2) is 3.90. The van der Waals surface area contributed by atoms with Crippen LogP contribution < -0.4 is 0 Å². The molecule has 9 heavy (non-hydrogen) atoms. The molecule has 0 saturated heterocycles. The molecule has 0 heterocycles. The van der Waals surface area contributed by atoms with Crippen LogP contribution in [0, 0.1) is 5.92 Å². The molecule has 0 amide bonds. The summed E-state index contributed by atoms with van der Waals surface area (Å²) in [6, 6.07) is 0. The fraction of sp³-hybridized carbons (Fsp3) is 0.500. The van der Waals surface area contributed by atoms with Gasteiger partial charge in [-0.2, -0.15) is 0 Å². The zero-order valence-electron chi connectivity index (χ0n) is 5.83. The van der Waals surface area contributed by atoms with Crippen LogP contribution in [0.25, 0.3) is 0 Å². The Balaban J connectivity index is 0.000000640. The summed E-state index contributed by atoms with van der Waals surface area (Å²) in [6.45, 7) is 4.47.